The smallest absolute Gasteiger partial charge is 0.331 e. The maximum absolute atomic E-state index is 11.6. The predicted molar refractivity (Wildman–Crippen MR) is 106 cm³/mol. The molecule has 0 radical (unpaired) electrons. The molecule has 0 atom stereocenters. The summed E-state index contributed by atoms with van der Waals surface area (Å²) in [6.45, 7) is -0.172. The summed E-state index contributed by atoms with van der Waals surface area (Å²) < 4.78 is 4.77. The van der Waals surface area contributed by atoms with Crippen LogP contribution in [0.15, 0.2) is 41.8 Å². The van der Waals surface area contributed by atoms with Crippen LogP contribution in [0.1, 0.15) is 10.4 Å². The fourth-order valence-electron chi connectivity index (χ4n) is 1.93. The van der Waals surface area contributed by atoms with E-state index in [1.54, 1.807) is 29.5 Å². The molecule has 1 aromatic heterocycles. The van der Waals surface area contributed by atoms with Crippen LogP contribution in [0.2, 0.25) is 10.0 Å². The van der Waals surface area contributed by atoms with Gasteiger partial charge < -0.3 is 10.1 Å². The molecule has 1 heterocycles. The Balaban J connectivity index is 1.66. The van der Waals surface area contributed by atoms with Crippen LogP contribution < -0.4 is 10.6 Å². The molecule has 0 spiro atoms. The van der Waals surface area contributed by atoms with E-state index in [-0.39, 0.29) is 0 Å². The lowest BCUT2D eigenvalue weighted by atomic mass is 10.2. The zero-order valence-corrected chi connectivity index (χ0v) is 16.4. The van der Waals surface area contributed by atoms with Crippen molar-refractivity contribution in [3.63, 3.8) is 0 Å². The molecule has 0 aliphatic rings. The second-order valence-corrected chi connectivity index (χ2v) is 7.09. The summed E-state index contributed by atoms with van der Waals surface area (Å²) in [5.41, 5.74) is 0.649. The van der Waals surface area contributed by atoms with Crippen molar-refractivity contribution < 1.29 is 19.1 Å². The Kier molecular flexibility index (Phi) is 8.32. The monoisotopic (exact) mass is 426 g/mol. The zero-order valence-electron chi connectivity index (χ0n) is 14.0. The summed E-state index contributed by atoms with van der Waals surface area (Å²) in [6, 6.07) is 8.10. The molecule has 0 saturated carbocycles. The van der Waals surface area contributed by atoms with Crippen molar-refractivity contribution in [3.8, 4) is 0 Å². The highest BCUT2D eigenvalue weighted by atomic mass is 35.5. The van der Waals surface area contributed by atoms with Crippen molar-refractivity contribution in [1.29, 1.82) is 0 Å². The van der Waals surface area contributed by atoms with Gasteiger partial charge in [-0.1, -0.05) is 35.3 Å². The Labute approximate surface area is 170 Å². The van der Waals surface area contributed by atoms with E-state index in [0.717, 1.165) is 11.0 Å². The van der Waals surface area contributed by atoms with Gasteiger partial charge in [0.15, 0.2) is 6.61 Å². The van der Waals surface area contributed by atoms with Crippen LogP contribution in [-0.4, -0.2) is 31.1 Å². The average Bonchev–Trinajstić information content (AvgIpc) is 3.14. The van der Waals surface area contributed by atoms with E-state index in [4.69, 9.17) is 27.9 Å². The maximum atomic E-state index is 11.6. The first-order valence-electron chi connectivity index (χ1n) is 7.84. The van der Waals surface area contributed by atoms with Crippen molar-refractivity contribution in [1.82, 2.24) is 10.6 Å². The lowest BCUT2D eigenvalue weighted by Gasteiger charge is -2.06. The molecule has 142 valence electrons. The van der Waals surface area contributed by atoms with E-state index in [2.05, 4.69) is 10.6 Å². The van der Waals surface area contributed by atoms with Crippen molar-refractivity contribution in [2.75, 3.05) is 13.2 Å². The Hall–Kier alpha value is -2.35. The number of halogens is 2. The minimum atomic E-state index is -0.727. The molecule has 2 N–H and O–H groups in total. The third kappa shape index (κ3) is 7.82. The highest BCUT2D eigenvalue weighted by Crippen LogP contribution is 2.23. The Morgan fingerprint density at radius 2 is 1.96 bits per heavy atom. The molecule has 0 unspecified atom stereocenters. The largest absolute Gasteiger partial charge is 0.452 e. The number of thiophene rings is 1. The van der Waals surface area contributed by atoms with E-state index >= 15 is 0 Å². The maximum Gasteiger partial charge on any atom is 0.331 e. The van der Waals surface area contributed by atoms with Crippen LogP contribution in [0.4, 0.5) is 4.79 Å². The summed E-state index contributed by atoms with van der Waals surface area (Å²) in [4.78, 5) is 35.9. The Bertz CT molecular complexity index is 838. The number of carbonyl (C=O) groups excluding carboxylic acids is 3. The molecule has 6 nitrogen and oxygen atoms in total. The normalized spacial score (nSPS) is 10.6. The van der Waals surface area contributed by atoms with E-state index in [9.17, 15) is 14.4 Å². The fraction of sp³-hybridized carbons (Fsp3) is 0.167. The highest BCUT2D eigenvalue weighted by molar-refractivity contribution is 7.09. The molecule has 27 heavy (non-hydrogen) atoms. The lowest BCUT2D eigenvalue weighted by molar-refractivity contribution is -0.143. The van der Waals surface area contributed by atoms with Gasteiger partial charge in [-0.3, -0.25) is 10.1 Å². The van der Waals surface area contributed by atoms with Crippen LogP contribution in [0.3, 0.4) is 0 Å². The first-order valence-corrected chi connectivity index (χ1v) is 9.47. The number of benzene rings is 1. The molecule has 0 bridgehead atoms. The summed E-state index contributed by atoms with van der Waals surface area (Å²) in [5, 5.41) is 7.35. The van der Waals surface area contributed by atoms with E-state index in [1.165, 1.54) is 6.08 Å². The molecule has 2 rings (SSSR count). The minimum Gasteiger partial charge on any atom is -0.452 e. The van der Waals surface area contributed by atoms with Crippen molar-refractivity contribution in [2.45, 2.75) is 6.42 Å². The number of ether oxygens (including phenoxy) is 1. The van der Waals surface area contributed by atoms with Gasteiger partial charge in [-0.05, 0) is 41.6 Å². The number of hydrogen-bond donors (Lipinski definition) is 2. The Morgan fingerprint density at radius 1 is 1.15 bits per heavy atom. The van der Waals surface area contributed by atoms with Crippen molar-refractivity contribution in [2.24, 2.45) is 0 Å². The van der Waals surface area contributed by atoms with E-state index < -0.39 is 24.5 Å². The number of rotatable bonds is 7. The molecule has 2 aromatic rings. The topological polar surface area (TPSA) is 84.5 Å². The third-order valence-electron chi connectivity index (χ3n) is 3.19. The standard InChI is InChI=1S/C18H16Cl2N2O4S/c19-14-5-3-12(10-15(14)20)4-6-17(24)26-11-16(23)22-18(25)21-8-7-13-2-1-9-27-13/h1-6,9-10H,7-8,11H2,(H2,21,22,23,25)/b6-4+. The number of nitrogens with one attached hydrogen (secondary N) is 2. The summed E-state index contributed by atoms with van der Waals surface area (Å²) in [5.74, 6) is -1.45. The molecule has 0 aliphatic heterocycles. The van der Waals surface area contributed by atoms with Crippen LogP contribution in [-0.2, 0) is 20.7 Å². The molecular formula is C18H16Cl2N2O4S. The van der Waals surface area contributed by atoms with Crippen LogP contribution in [0, 0.1) is 0 Å². The molecule has 0 saturated heterocycles. The molecule has 0 aliphatic carbocycles. The minimum absolute atomic E-state index is 0.358. The molecular weight excluding hydrogens is 411 g/mol. The SMILES string of the molecule is O=C(COC(=O)/C=C/c1ccc(Cl)c(Cl)c1)NC(=O)NCCc1cccs1. The van der Waals surface area contributed by atoms with Gasteiger partial charge in [0.05, 0.1) is 10.0 Å². The fourth-order valence-corrected chi connectivity index (χ4v) is 2.94. The summed E-state index contributed by atoms with van der Waals surface area (Å²) >= 11 is 13.3. The molecule has 9 heteroatoms. The zero-order chi connectivity index (χ0) is 19.6. The third-order valence-corrected chi connectivity index (χ3v) is 4.87. The van der Waals surface area contributed by atoms with Crippen LogP contribution in [0.5, 0.6) is 0 Å². The molecule has 1 aromatic carbocycles. The van der Waals surface area contributed by atoms with Crippen LogP contribution >= 0.6 is 34.5 Å². The van der Waals surface area contributed by atoms with Crippen LogP contribution in [0.25, 0.3) is 6.08 Å². The number of esters is 1. The van der Waals surface area contributed by atoms with Gasteiger partial charge in [0, 0.05) is 17.5 Å². The van der Waals surface area contributed by atoms with Gasteiger partial charge in [0.25, 0.3) is 5.91 Å². The van der Waals surface area contributed by atoms with Gasteiger partial charge in [0.2, 0.25) is 0 Å². The summed E-state index contributed by atoms with van der Waals surface area (Å²) in [6.07, 6.45) is 3.29. The van der Waals surface area contributed by atoms with Crippen molar-refractivity contribution >= 4 is 58.5 Å². The second kappa shape index (κ2) is 10.7. The number of amides is 3. The van der Waals surface area contributed by atoms with Gasteiger partial charge in [-0.15, -0.1) is 11.3 Å². The number of imide groups is 1. The predicted octanol–water partition coefficient (Wildman–Crippen LogP) is 3.68. The van der Waals surface area contributed by atoms with Gasteiger partial charge in [-0.2, -0.15) is 0 Å². The first-order chi connectivity index (χ1) is 12.9. The summed E-state index contributed by atoms with van der Waals surface area (Å²) in [7, 11) is 0. The highest BCUT2D eigenvalue weighted by Gasteiger charge is 2.09. The number of hydrogen-bond acceptors (Lipinski definition) is 5. The van der Waals surface area contributed by atoms with E-state index in [0.29, 0.717) is 28.6 Å². The first kappa shape index (κ1) is 21.0. The van der Waals surface area contributed by atoms with E-state index in [1.807, 2.05) is 17.5 Å². The second-order valence-electron chi connectivity index (χ2n) is 5.25. The molecule has 3 amide bonds. The van der Waals surface area contributed by atoms with Gasteiger partial charge in [-0.25, -0.2) is 9.59 Å². The Morgan fingerprint density at radius 3 is 2.67 bits per heavy atom. The van der Waals surface area contributed by atoms with Crippen molar-refractivity contribution in [3.05, 3.63) is 62.3 Å². The number of urea groups is 1. The number of carbonyl (C=O) groups is 3. The molecule has 0 fully saturated rings. The van der Waals surface area contributed by atoms with Gasteiger partial charge >= 0.3 is 12.0 Å². The quantitative estimate of drug-likeness (QED) is 0.522. The average molecular weight is 427 g/mol. The lowest BCUT2D eigenvalue weighted by Crippen LogP contribution is -2.42. The van der Waals surface area contributed by atoms with Gasteiger partial charge in [0.1, 0.15) is 0 Å².